The summed E-state index contributed by atoms with van der Waals surface area (Å²) in [5.41, 5.74) is 1.25. The molecule has 1 aromatic rings. The summed E-state index contributed by atoms with van der Waals surface area (Å²) in [5.74, 6) is 0. The van der Waals surface area contributed by atoms with Crippen LogP contribution in [0.2, 0.25) is 0 Å². The standard InChI is InChI=1S/C9H13NO.C5H13N/c11-7-6-10-8-9-4-2-1-3-5-9;1-4-6-5(2)3/h1-5,10-11H,6-8H2;5-6H,4H2,1-3H3. The predicted octanol–water partition coefficient (Wildman–Crippen LogP) is 1.77. The van der Waals surface area contributed by atoms with Crippen molar-refractivity contribution < 1.29 is 5.11 Å². The predicted molar refractivity (Wildman–Crippen MR) is 74.0 cm³/mol. The van der Waals surface area contributed by atoms with Gasteiger partial charge in [0.25, 0.3) is 0 Å². The van der Waals surface area contributed by atoms with Gasteiger partial charge in [-0.15, -0.1) is 0 Å². The van der Waals surface area contributed by atoms with Gasteiger partial charge in [0.15, 0.2) is 0 Å². The molecule has 3 N–H and O–H groups in total. The zero-order valence-electron chi connectivity index (χ0n) is 11.2. The molecular formula is C14H26N2O. The second-order valence-electron chi connectivity index (χ2n) is 4.10. The topological polar surface area (TPSA) is 44.3 Å². The molecule has 0 amide bonds. The first-order chi connectivity index (χ1) is 8.20. The Bertz CT molecular complexity index is 250. The van der Waals surface area contributed by atoms with Gasteiger partial charge in [-0.1, -0.05) is 51.1 Å². The molecule has 0 atom stereocenters. The molecule has 0 heterocycles. The van der Waals surface area contributed by atoms with Crippen LogP contribution < -0.4 is 10.6 Å². The molecule has 1 rings (SSSR count). The molecule has 3 nitrogen and oxygen atoms in total. The monoisotopic (exact) mass is 238 g/mol. The summed E-state index contributed by atoms with van der Waals surface area (Å²) in [7, 11) is 0. The number of nitrogens with one attached hydrogen (secondary N) is 2. The van der Waals surface area contributed by atoms with Crippen molar-refractivity contribution in [2.45, 2.75) is 33.4 Å². The summed E-state index contributed by atoms with van der Waals surface area (Å²) in [6.07, 6.45) is 0. The van der Waals surface area contributed by atoms with E-state index in [2.05, 4.69) is 43.5 Å². The molecule has 0 aliphatic heterocycles. The second kappa shape index (κ2) is 11.6. The number of benzene rings is 1. The van der Waals surface area contributed by atoms with Crippen molar-refractivity contribution in [3.05, 3.63) is 35.9 Å². The highest BCUT2D eigenvalue weighted by atomic mass is 16.3. The van der Waals surface area contributed by atoms with Crippen LogP contribution in [0, 0.1) is 0 Å². The molecular weight excluding hydrogens is 212 g/mol. The Morgan fingerprint density at radius 1 is 1.18 bits per heavy atom. The van der Waals surface area contributed by atoms with Crippen LogP contribution in [0.25, 0.3) is 0 Å². The third-order valence-electron chi connectivity index (χ3n) is 2.07. The fraction of sp³-hybridized carbons (Fsp3) is 0.571. The fourth-order valence-corrected chi connectivity index (χ4v) is 1.32. The highest BCUT2D eigenvalue weighted by Crippen LogP contribution is 1.96. The minimum atomic E-state index is 0.201. The molecule has 0 radical (unpaired) electrons. The Morgan fingerprint density at radius 2 is 1.82 bits per heavy atom. The molecule has 0 saturated carbocycles. The van der Waals surface area contributed by atoms with Crippen LogP contribution in [-0.4, -0.2) is 30.8 Å². The van der Waals surface area contributed by atoms with Gasteiger partial charge in [-0.3, -0.25) is 0 Å². The number of hydrogen-bond donors (Lipinski definition) is 3. The third kappa shape index (κ3) is 11.4. The van der Waals surface area contributed by atoms with Gasteiger partial charge < -0.3 is 15.7 Å². The van der Waals surface area contributed by atoms with Gasteiger partial charge in [0.2, 0.25) is 0 Å². The smallest absolute Gasteiger partial charge is 0.0556 e. The lowest BCUT2D eigenvalue weighted by atomic mass is 10.2. The summed E-state index contributed by atoms with van der Waals surface area (Å²) < 4.78 is 0. The maximum absolute atomic E-state index is 8.48. The van der Waals surface area contributed by atoms with Gasteiger partial charge in [0.05, 0.1) is 6.61 Å². The summed E-state index contributed by atoms with van der Waals surface area (Å²) in [5, 5.41) is 14.8. The van der Waals surface area contributed by atoms with Crippen LogP contribution >= 0.6 is 0 Å². The number of aliphatic hydroxyl groups excluding tert-OH is 1. The molecule has 0 aliphatic carbocycles. The summed E-state index contributed by atoms with van der Waals surface area (Å²) in [4.78, 5) is 0. The van der Waals surface area contributed by atoms with Crippen LogP contribution in [0.4, 0.5) is 0 Å². The van der Waals surface area contributed by atoms with Crippen molar-refractivity contribution in [2.75, 3.05) is 19.7 Å². The van der Waals surface area contributed by atoms with Crippen molar-refractivity contribution in [2.24, 2.45) is 0 Å². The molecule has 3 heteroatoms. The zero-order chi connectivity index (χ0) is 12.9. The van der Waals surface area contributed by atoms with Crippen molar-refractivity contribution in [3.8, 4) is 0 Å². The molecule has 0 saturated heterocycles. The molecule has 1 aromatic carbocycles. The van der Waals surface area contributed by atoms with Crippen molar-refractivity contribution in [3.63, 3.8) is 0 Å². The van der Waals surface area contributed by atoms with Crippen LogP contribution in [0.3, 0.4) is 0 Å². The Labute approximate surface area is 105 Å². The number of hydrogen-bond acceptors (Lipinski definition) is 3. The van der Waals surface area contributed by atoms with E-state index in [1.807, 2.05) is 18.2 Å². The number of aliphatic hydroxyl groups is 1. The minimum absolute atomic E-state index is 0.201. The molecule has 0 fully saturated rings. The van der Waals surface area contributed by atoms with Gasteiger partial charge in [0.1, 0.15) is 0 Å². The van der Waals surface area contributed by atoms with Gasteiger partial charge in [-0.25, -0.2) is 0 Å². The van der Waals surface area contributed by atoms with E-state index >= 15 is 0 Å². The van der Waals surface area contributed by atoms with E-state index in [1.54, 1.807) is 0 Å². The first-order valence-corrected chi connectivity index (χ1v) is 6.29. The quantitative estimate of drug-likeness (QED) is 0.662. The Kier molecular flexibility index (Phi) is 11.0. The summed E-state index contributed by atoms with van der Waals surface area (Å²) >= 11 is 0. The Morgan fingerprint density at radius 3 is 2.24 bits per heavy atom. The number of rotatable bonds is 6. The van der Waals surface area contributed by atoms with E-state index in [4.69, 9.17) is 5.11 Å². The summed E-state index contributed by atoms with van der Waals surface area (Å²) in [6, 6.07) is 10.8. The second-order valence-corrected chi connectivity index (χ2v) is 4.10. The molecule has 17 heavy (non-hydrogen) atoms. The fourth-order valence-electron chi connectivity index (χ4n) is 1.32. The molecule has 98 valence electrons. The lowest BCUT2D eigenvalue weighted by Gasteiger charge is -2.01. The normalized spacial score (nSPS) is 9.94. The highest BCUT2D eigenvalue weighted by molar-refractivity contribution is 5.14. The largest absolute Gasteiger partial charge is 0.395 e. The lowest BCUT2D eigenvalue weighted by molar-refractivity contribution is 0.292. The van der Waals surface area contributed by atoms with E-state index in [0.29, 0.717) is 12.6 Å². The first-order valence-electron chi connectivity index (χ1n) is 6.29. The van der Waals surface area contributed by atoms with E-state index in [9.17, 15) is 0 Å². The summed E-state index contributed by atoms with van der Waals surface area (Å²) in [6.45, 7) is 9.17. The Balaban J connectivity index is 0.000000366. The van der Waals surface area contributed by atoms with Crippen LogP contribution in [0.1, 0.15) is 26.3 Å². The third-order valence-corrected chi connectivity index (χ3v) is 2.07. The van der Waals surface area contributed by atoms with Crippen LogP contribution in [-0.2, 0) is 6.54 Å². The van der Waals surface area contributed by atoms with Gasteiger partial charge in [-0.2, -0.15) is 0 Å². The average molecular weight is 238 g/mol. The van der Waals surface area contributed by atoms with Gasteiger partial charge in [0, 0.05) is 19.1 Å². The maximum Gasteiger partial charge on any atom is 0.0556 e. The van der Waals surface area contributed by atoms with Gasteiger partial charge >= 0.3 is 0 Å². The Hall–Kier alpha value is -0.900. The molecule has 0 spiro atoms. The van der Waals surface area contributed by atoms with E-state index in [0.717, 1.165) is 13.1 Å². The van der Waals surface area contributed by atoms with E-state index in [-0.39, 0.29) is 6.61 Å². The van der Waals surface area contributed by atoms with Crippen LogP contribution in [0.15, 0.2) is 30.3 Å². The molecule has 0 unspecified atom stereocenters. The molecule has 0 aromatic heterocycles. The van der Waals surface area contributed by atoms with E-state index < -0.39 is 0 Å². The average Bonchev–Trinajstić information content (AvgIpc) is 2.31. The van der Waals surface area contributed by atoms with Crippen molar-refractivity contribution in [1.29, 1.82) is 0 Å². The minimum Gasteiger partial charge on any atom is -0.395 e. The SMILES string of the molecule is CCNC(C)C.OCCNCc1ccccc1. The van der Waals surface area contributed by atoms with Crippen LogP contribution in [0.5, 0.6) is 0 Å². The van der Waals surface area contributed by atoms with Crippen molar-refractivity contribution >= 4 is 0 Å². The molecule has 0 bridgehead atoms. The zero-order valence-corrected chi connectivity index (χ0v) is 11.2. The molecule has 0 aliphatic rings. The van der Waals surface area contributed by atoms with E-state index in [1.165, 1.54) is 5.56 Å². The highest BCUT2D eigenvalue weighted by Gasteiger charge is 1.87. The maximum atomic E-state index is 8.48. The van der Waals surface area contributed by atoms with Crippen molar-refractivity contribution in [1.82, 2.24) is 10.6 Å². The first kappa shape index (κ1) is 16.1. The van der Waals surface area contributed by atoms with Gasteiger partial charge in [-0.05, 0) is 12.1 Å². The lowest BCUT2D eigenvalue weighted by Crippen LogP contribution is -2.21.